The van der Waals surface area contributed by atoms with E-state index in [0.29, 0.717) is 6.42 Å². The van der Waals surface area contributed by atoms with Crippen molar-refractivity contribution in [3.8, 4) is 0 Å². The molecule has 10 nitrogen and oxygen atoms in total. The summed E-state index contributed by atoms with van der Waals surface area (Å²) in [5.74, 6) is -1.30. The number of aliphatic carboxylic acids is 1. The minimum atomic E-state index is -2.95. The van der Waals surface area contributed by atoms with Gasteiger partial charge in [-0.1, -0.05) is 90.9 Å². The molecule has 1 amide bonds. The van der Waals surface area contributed by atoms with Crippen LogP contribution in [0, 0.1) is 5.92 Å². The lowest BCUT2D eigenvalue weighted by Crippen LogP contribution is -2.76. The summed E-state index contributed by atoms with van der Waals surface area (Å²) in [5, 5.41) is 64.0. The van der Waals surface area contributed by atoms with Crippen LogP contribution in [0.25, 0.3) is 0 Å². The molecular weight excluding hydrogens is 504 g/mol. The molecule has 0 aromatic heterocycles. The summed E-state index contributed by atoms with van der Waals surface area (Å²) in [7, 11) is 2.65. The van der Waals surface area contributed by atoms with Gasteiger partial charge in [0.1, 0.15) is 18.2 Å². The predicted octanol–water partition coefficient (Wildman–Crippen LogP) is 1.20. The number of carbonyl (C=O) groups excluding carboxylic acids is 2. The number of aliphatic hydroxyl groups excluding tert-OH is 4. The van der Waals surface area contributed by atoms with Gasteiger partial charge < -0.3 is 40.8 Å². The van der Waals surface area contributed by atoms with Gasteiger partial charge in [0.25, 0.3) is 5.72 Å². The van der Waals surface area contributed by atoms with E-state index < -0.39 is 41.1 Å². The van der Waals surface area contributed by atoms with Gasteiger partial charge in [-0.25, -0.2) is 0 Å². The van der Waals surface area contributed by atoms with Crippen LogP contribution in [0.5, 0.6) is 0 Å². The first-order chi connectivity index (χ1) is 18.3. The first-order valence-electron chi connectivity index (χ1n) is 15.0. The molecule has 0 radical (unpaired) electrons. The van der Waals surface area contributed by atoms with Crippen molar-refractivity contribution in [1.29, 1.82) is 0 Å². The number of unbranched alkanes of at least 4 members (excludes halogenated alkanes) is 11. The summed E-state index contributed by atoms with van der Waals surface area (Å²) >= 11 is 0. The highest BCUT2D eigenvalue weighted by molar-refractivity contribution is 5.75. The van der Waals surface area contributed by atoms with Gasteiger partial charge >= 0.3 is 0 Å². The number of hydrogen-bond donors (Lipinski definition) is 6. The number of quaternary nitrogens is 1. The number of carboxylic acids is 1. The molecule has 0 aliphatic carbocycles. The second kappa shape index (κ2) is 20.6. The molecule has 0 aliphatic heterocycles. The Morgan fingerprint density at radius 3 is 1.72 bits per heavy atom. The fourth-order valence-electron chi connectivity index (χ4n) is 4.85. The third-order valence-electron chi connectivity index (χ3n) is 7.69. The quantitative estimate of drug-likeness (QED) is 0.0548. The zero-order chi connectivity index (χ0) is 29.9. The first kappa shape index (κ1) is 37.7. The molecule has 0 heterocycles. The normalized spacial score (nSPS) is 16.1. The van der Waals surface area contributed by atoms with Crippen molar-refractivity contribution < 1.29 is 44.7 Å². The smallest absolute Gasteiger partial charge is 0.271 e. The zero-order valence-electron chi connectivity index (χ0n) is 24.9. The van der Waals surface area contributed by atoms with Crippen molar-refractivity contribution in [3.63, 3.8) is 0 Å². The van der Waals surface area contributed by atoms with Crippen LogP contribution in [-0.2, 0) is 9.59 Å². The number of carboxylic acid groups (broad SMARTS) is 1. The highest BCUT2D eigenvalue weighted by atomic mass is 16.5. The summed E-state index contributed by atoms with van der Waals surface area (Å²) in [6, 6.07) is 0. The summed E-state index contributed by atoms with van der Waals surface area (Å²) in [5.41, 5.74) is -2.95. The lowest BCUT2D eigenvalue weighted by atomic mass is 9.94. The van der Waals surface area contributed by atoms with Gasteiger partial charge in [-0.3, -0.25) is 9.28 Å². The van der Waals surface area contributed by atoms with E-state index in [4.69, 9.17) is 5.11 Å². The van der Waals surface area contributed by atoms with Gasteiger partial charge in [-0.2, -0.15) is 0 Å². The molecule has 4 atom stereocenters. The second-order valence-corrected chi connectivity index (χ2v) is 12.0. The molecule has 0 saturated heterocycles. The minimum Gasteiger partial charge on any atom is -0.542 e. The molecule has 0 saturated carbocycles. The molecule has 0 fully saturated rings. The highest BCUT2D eigenvalue weighted by Gasteiger charge is 2.55. The van der Waals surface area contributed by atoms with E-state index in [-0.39, 0.29) is 25.4 Å². The topological polar surface area (TPSA) is 170 Å². The van der Waals surface area contributed by atoms with Gasteiger partial charge in [0, 0.05) is 19.4 Å². The van der Waals surface area contributed by atoms with Crippen LogP contribution in [0.15, 0.2) is 0 Å². The first-order valence-corrected chi connectivity index (χ1v) is 15.0. The summed E-state index contributed by atoms with van der Waals surface area (Å²) in [6.45, 7) is 3.90. The van der Waals surface area contributed by atoms with E-state index in [2.05, 4.69) is 19.2 Å². The molecule has 0 rings (SSSR count). The maximum Gasteiger partial charge on any atom is 0.271 e. The molecule has 0 bridgehead atoms. The third kappa shape index (κ3) is 14.8. The van der Waals surface area contributed by atoms with Gasteiger partial charge in [0.15, 0.2) is 6.10 Å². The van der Waals surface area contributed by atoms with Gasteiger partial charge in [0.2, 0.25) is 5.91 Å². The molecule has 10 heteroatoms. The second-order valence-electron chi connectivity index (χ2n) is 12.0. The Kier molecular flexibility index (Phi) is 19.9. The molecule has 0 spiro atoms. The number of aliphatic hydroxyl groups is 5. The van der Waals surface area contributed by atoms with Crippen molar-refractivity contribution >= 4 is 11.9 Å². The fraction of sp³-hybridized carbons (Fsp3) is 0.931. The van der Waals surface area contributed by atoms with E-state index in [1.807, 2.05) is 0 Å². The van der Waals surface area contributed by atoms with E-state index in [1.54, 1.807) is 0 Å². The van der Waals surface area contributed by atoms with Crippen LogP contribution in [-0.4, -0.2) is 99.7 Å². The van der Waals surface area contributed by atoms with Crippen molar-refractivity contribution in [2.24, 2.45) is 5.92 Å². The number of nitrogens with zero attached hydrogens (tertiary/aromatic N) is 1. The van der Waals surface area contributed by atoms with Crippen LogP contribution in [0.3, 0.4) is 0 Å². The maximum atomic E-state index is 12.1. The molecule has 0 unspecified atom stereocenters. The minimum absolute atomic E-state index is 0.0158. The number of likely N-dealkylation sites (N-methyl/N-ethyl adjacent to an activating group) is 1. The summed E-state index contributed by atoms with van der Waals surface area (Å²) < 4.78 is -0.695. The average Bonchev–Trinajstić information content (AvgIpc) is 2.88. The summed E-state index contributed by atoms with van der Waals surface area (Å²) in [6.07, 6.45) is 10.5. The maximum absolute atomic E-state index is 12.1. The Balaban J connectivity index is 4.03. The molecule has 0 aromatic rings. The van der Waals surface area contributed by atoms with Gasteiger partial charge in [-0.15, -0.1) is 0 Å². The molecule has 232 valence electrons. The molecule has 0 aliphatic rings. The van der Waals surface area contributed by atoms with Gasteiger partial charge in [0.05, 0.1) is 27.2 Å². The van der Waals surface area contributed by atoms with Crippen molar-refractivity contribution in [3.05, 3.63) is 0 Å². The van der Waals surface area contributed by atoms with Crippen LogP contribution in [0.2, 0.25) is 0 Å². The van der Waals surface area contributed by atoms with E-state index >= 15 is 0 Å². The standard InChI is InChI=1S/C29H58N2O8/c1-23(2)18-15-13-11-9-7-5-6-8-10-12-14-16-19-25(34)30-20-17-21-31(3,4)29(39,28(37)38)27(36)26(35)24(33)22-32/h23-24,26-27,32-33,35-36,39H,5-22H2,1-4H3,(H-,30,34,37,38)/t24-,26-,27+,29-/m1/s1. The van der Waals surface area contributed by atoms with Crippen LogP contribution >= 0.6 is 0 Å². The number of amides is 1. The Bertz CT molecular complexity index is 661. The Hall–Kier alpha value is -1.30. The predicted molar refractivity (Wildman–Crippen MR) is 149 cm³/mol. The zero-order valence-corrected chi connectivity index (χ0v) is 24.9. The number of carbonyl (C=O) groups is 2. The fourth-order valence-corrected chi connectivity index (χ4v) is 4.85. The van der Waals surface area contributed by atoms with Crippen LogP contribution in [0.1, 0.15) is 110 Å². The largest absolute Gasteiger partial charge is 0.542 e. The molecule has 39 heavy (non-hydrogen) atoms. The lowest BCUT2D eigenvalue weighted by Gasteiger charge is -2.48. The van der Waals surface area contributed by atoms with Crippen molar-refractivity contribution in [2.45, 2.75) is 134 Å². The Morgan fingerprint density at radius 1 is 0.821 bits per heavy atom. The SMILES string of the molecule is CC(C)CCCCCCCCCCCCCCC(=O)NCCC[N+](C)(C)[C@](O)(C(=O)[O-])[C@@H](O)[C@H](O)[C@H](O)CO. The lowest BCUT2D eigenvalue weighted by molar-refractivity contribution is -0.963. The van der Waals surface area contributed by atoms with Crippen molar-refractivity contribution in [2.75, 3.05) is 33.8 Å². The number of nitrogens with one attached hydrogen (secondary N) is 1. The van der Waals surface area contributed by atoms with E-state index in [9.17, 15) is 35.1 Å². The van der Waals surface area contributed by atoms with E-state index in [0.717, 1.165) is 25.2 Å². The Labute approximate surface area is 236 Å². The highest BCUT2D eigenvalue weighted by Crippen LogP contribution is 2.26. The Morgan fingerprint density at radius 2 is 1.28 bits per heavy atom. The average molecular weight is 563 g/mol. The van der Waals surface area contributed by atoms with Crippen LogP contribution in [0.4, 0.5) is 0 Å². The van der Waals surface area contributed by atoms with Crippen LogP contribution < -0.4 is 10.4 Å². The van der Waals surface area contributed by atoms with Gasteiger partial charge in [-0.05, 0) is 12.3 Å². The number of rotatable bonds is 25. The summed E-state index contributed by atoms with van der Waals surface area (Å²) in [4.78, 5) is 23.8. The number of hydrogen-bond acceptors (Lipinski definition) is 8. The molecule has 0 aromatic carbocycles. The van der Waals surface area contributed by atoms with E-state index in [1.165, 1.54) is 78.3 Å². The monoisotopic (exact) mass is 562 g/mol. The molecule has 6 N–H and O–H groups in total. The third-order valence-corrected chi connectivity index (χ3v) is 7.69. The van der Waals surface area contributed by atoms with Crippen molar-refractivity contribution in [1.82, 2.24) is 5.32 Å². The molecular formula is C29H58N2O8.